The Kier molecular flexibility index (Phi) is 6.19. The zero-order chi connectivity index (χ0) is 22.6. The Morgan fingerprint density at radius 2 is 1.82 bits per heavy atom. The quantitative estimate of drug-likeness (QED) is 0.633. The summed E-state index contributed by atoms with van der Waals surface area (Å²) in [4.78, 5) is 25.6. The average molecular weight is 451 g/mol. The van der Waals surface area contributed by atoms with Crippen molar-refractivity contribution in [2.45, 2.75) is 38.1 Å². The standard InChI is InChI=1S/C24H27FN6O2/c25-20-8-5-17(6-9-20)15-27-24(32)31-13-11-30(12-14-31)21-10-7-19(16-26-21)22-28-23(33-29-22)18-3-1-2-4-18/h5-10,16,18H,1-4,11-15H2,(H,27,32). The molecule has 2 fully saturated rings. The van der Waals surface area contributed by atoms with Crippen LogP contribution in [0.15, 0.2) is 47.1 Å². The fourth-order valence-electron chi connectivity index (χ4n) is 4.43. The van der Waals surface area contributed by atoms with Gasteiger partial charge in [-0.1, -0.05) is 30.1 Å². The van der Waals surface area contributed by atoms with Gasteiger partial charge in [-0.25, -0.2) is 14.2 Å². The normalized spacial score (nSPS) is 16.9. The number of carbonyl (C=O) groups excluding carboxylic acids is 1. The molecule has 1 aromatic carbocycles. The number of rotatable bonds is 5. The predicted molar refractivity (Wildman–Crippen MR) is 121 cm³/mol. The predicted octanol–water partition coefficient (Wildman–Crippen LogP) is 3.96. The maximum Gasteiger partial charge on any atom is 0.317 e. The smallest absolute Gasteiger partial charge is 0.317 e. The van der Waals surface area contributed by atoms with E-state index in [-0.39, 0.29) is 11.8 Å². The second kappa shape index (κ2) is 9.56. The second-order valence-corrected chi connectivity index (χ2v) is 8.60. The number of pyridine rings is 1. The van der Waals surface area contributed by atoms with E-state index in [9.17, 15) is 9.18 Å². The molecule has 1 N–H and O–H groups in total. The first-order valence-electron chi connectivity index (χ1n) is 11.5. The number of anilines is 1. The number of aromatic nitrogens is 3. The van der Waals surface area contributed by atoms with Gasteiger partial charge in [-0.05, 0) is 42.7 Å². The summed E-state index contributed by atoms with van der Waals surface area (Å²) in [6, 6.07) is 9.95. The first kappa shape index (κ1) is 21.4. The van der Waals surface area contributed by atoms with Crippen LogP contribution in [0, 0.1) is 5.82 Å². The van der Waals surface area contributed by atoms with Crippen molar-refractivity contribution in [1.29, 1.82) is 0 Å². The van der Waals surface area contributed by atoms with Gasteiger partial charge in [-0.2, -0.15) is 4.98 Å². The maximum absolute atomic E-state index is 13.0. The molecule has 0 atom stereocenters. The highest BCUT2D eigenvalue weighted by atomic mass is 19.1. The maximum atomic E-state index is 13.0. The van der Waals surface area contributed by atoms with E-state index in [2.05, 4.69) is 25.3 Å². The fourth-order valence-corrected chi connectivity index (χ4v) is 4.43. The van der Waals surface area contributed by atoms with E-state index in [1.165, 1.54) is 25.0 Å². The zero-order valence-electron chi connectivity index (χ0n) is 18.4. The summed E-state index contributed by atoms with van der Waals surface area (Å²) in [6.07, 6.45) is 6.47. The molecule has 1 saturated carbocycles. The minimum Gasteiger partial charge on any atom is -0.353 e. The van der Waals surface area contributed by atoms with E-state index in [0.717, 1.165) is 35.7 Å². The number of amides is 2. The molecule has 0 spiro atoms. The number of carbonyl (C=O) groups is 1. The van der Waals surface area contributed by atoms with Crippen LogP contribution < -0.4 is 10.2 Å². The van der Waals surface area contributed by atoms with Crippen LogP contribution >= 0.6 is 0 Å². The summed E-state index contributed by atoms with van der Waals surface area (Å²) in [7, 11) is 0. The van der Waals surface area contributed by atoms with Crippen LogP contribution in [-0.2, 0) is 6.54 Å². The minimum atomic E-state index is -0.283. The first-order valence-corrected chi connectivity index (χ1v) is 11.5. The number of halogens is 1. The SMILES string of the molecule is O=C(NCc1ccc(F)cc1)N1CCN(c2ccc(-c3noc(C4CCCC4)n3)cn2)CC1. The van der Waals surface area contributed by atoms with Crippen LogP contribution in [-0.4, -0.2) is 52.2 Å². The molecule has 33 heavy (non-hydrogen) atoms. The molecule has 8 nitrogen and oxygen atoms in total. The van der Waals surface area contributed by atoms with Crippen molar-refractivity contribution in [3.05, 3.63) is 59.9 Å². The molecule has 1 aliphatic heterocycles. The molecule has 2 aliphatic rings. The van der Waals surface area contributed by atoms with E-state index in [1.807, 2.05) is 12.1 Å². The highest BCUT2D eigenvalue weighted by molar-refractivity contribution is 5.74. The number of urea groups is 1. The van der Waals surface area contributed by atoms with Gasteiger partial charge in [0.05, 0.1) is 0 Å². The van der Waals surface area contributed by atoms with Crippen LogP contribution in [0.1, 0.15) is 43.1 Å². The number of hydrogen-bond donors (Lipinski definition) is 1. The van der Waals surface area contributed by atoms with Crippen molar-refractivity contribution in [1.82, 2.24) is 25.3 Å². The Balaban J connectivity index is 1.12. The summed E-state index contributed by atoms with van der Waals surface area (Å²) in [5.41, 5.74) is 1.70. The Hall–Kier alpha value is -3.49. The van der Waals surface area contributed by atoms with Crippen molar-refractivity contribution in [2.75, 3.05) is 31.1 Å². The highest BCUT2D eigenvalue weighted by Crippen LogP contribution is 2.33. The number of piperazine rings is 1. The fraction of sp³-hybridized carbons (Fsp3) is 0.417. The molecule has 0 unspecified atom stereocenters. The van der Waals surface area contributed by atoms with E-state index < -0.39 is 0 Å². The van der Waals surface area contributed by atoms with Crippen molar-refractivity contribution >= 4 is 11.8 Å². The number of hydrogen-bond acceptors (Lipinski definition) is 6. The summed E-state index contributed by atoms with van der Waals surface area (Å²) in [6.45, 7) is 2.98. The summed E-state index contributed by atoms with van der Waals surface area (Å²) < 4.78 is 18.5. The van der Waals surface area contributed by atoms with Gasteiger partial charge >= 0.3 is 6.03 Å². The van der Waals surface area contributed by atoms with Crippen LogP contribution in [0.3, 0.4) is 0 Å². The monoisotopic (exact) mass is 450 g/mol. The van der Waals surface area contributed by atoms with Gasteiger partial charge in [-0.3, -0.25) is 0 Å². The average Bonchev–Trinajstić information content (AvgIpc) is 3.56. The van der Waals surface area contributed by atoms with E-state index in [1.54, 1.807) is 23.2 Å². The van der Waals surface area contributed by atoms with Crippen LogP contribution in [0.5, 0.6) is 0 Å². The highest BCUT2D eigenvalue weighted by Gasteiger charge is 2.24. The number of benzene rings is 1. The lowest BCUT2D eigenvalue weighted by Crippen LogP contribution is -2.51. The summed E-state index contributed by atoms with van der Waals surface area (Å²) in [5, 5.41) is 7.03. The molecule has 1 aliphatic carbocycles. The molecule has 3 heterocycles. The number of nitrogens with one attached hydrogen (secondary N) is 1. The van der Waals surface area contributed by atoms with E-state index in [4.69, 9.17) is 4.52 Å². The molecule has 0 radical (unpaired) electrons. The van der Waals surface area contributed by atoms with Crippen molar-refractivity contribution in [2.24, 2.45) is 0 Å². The van der Waals surface area contributed by atoms with Gasteiger partial charge < -0.3 is 19.6 Å². The molecule has 3 aromatic rings. The molecule has 0 bridgehead atoms. The summed E-state index contributed by atoms with van der Waals surface area (Å²) >= 11 is 0. The van der Waals surface area contributed by atoms with Gasteiger partial charge in [0.2, 0.25) is 11.7 Å². The molecular formula is C24H27FN6O2. The molecule has 172 valence electrons. The van der Waals surface area contributed by atoms with Gasteiger partial charge in [0.1, 0.15) is 11.6 Å². The van der Waals surface area contributed by atoms with Crippen molar-refractivity contribution in [3.63, 3.8) is 0 Å². The lowest BCUT2D eigenvalue weighted by atomic mass is 10.1. The lowest BCUT2D eigenvalue weighted by molar-refractivity contribution is 0.194. The third-order valence-corrected chi connectivity index (χ3v) is 6.40. The topological polar surface area (TPSA) is 87.4 Å². The minimum absolute atomic E-state index is 0.113. The lowest BCUT2D eigenvalue weighted by Gasteiger charge is -2.35. The van der Waals surface area contributed by atoms with E-state index >= 15 is 0 Å². The third-order valence-electron chi connectivity index (χ3n) is 6.40. The second-order valence-electron chi connectivity index (χ2n) is 8.60. The largest absolute Gasteiger partial charge is 0.353 e. The third kappa shape index (κ3) is 4.97. The van der Waals surface area contributed by atoms with Gasteiger partial charge in [0.15, 0.2) is 0 Å². The molecule has 9 heteroatoms. The Labute approximate surface area is 191 Å². The van der Waals surface area contributed by atoms with Crippen LogP contribution in [0.4, 0.5) is 15.0 Å². The Morgan fingerprint density at radius 3 is 2.52 bits per heavy atom. The molecular weight excluding hydrogens is 423 g/mol. The van der Waals surface area contributed by atoms with E-state index in [0.29, 0.717) is 44.5 Å². The zero-order valence-corrected chi connectivity index (χ0v) is 18.4. The molecule has 2 aromatic heterocycles. The summed E-state index contributed by atoms with van der Waals surface area (Å²) in [5.74, 6) is 2.29. The Morgan fingerprint density at radius 1 is 1.06 bits per heavy atom. The molecule has 2 amide bonds. The van der Waals surface area contributed by atoms with Crippen molar-refractivity contribution < 1.29 is 13.7 Å². The van der Waals surface area contributed by atoms with Crippen LogP contribution in [0.2, 0.25) is 0 Å². The Bertz CT molecular complexity index is 1070. The van der Waals surface area contributed by atoms with Gasteiger partial charge in [0.25, 0.3) is 0 Å². The molecule has 5 rings (SSSR count). The first-order chi connectivity index (χ1) is 16.2. The molecule has 1 saturated heterocycles. The van der Waals surface area contributed by atoms with Gasteiger partial charge in [-0.15, -0.1) is 0 Å². The van der Waals surface area contributed by atoms with Gasteiger partial charge in [0, 0.05) is 50.4 Å². The number of nitrogens with zero attached hydrogens (tertiary/aromatic N) is 5. The van der Waals surface area contributed by atoms with Crippen molar-refractivity contribution in [3.8, 4) is 11.4 Å². The van der Waals surface area contributed by atoms with Crippen LogP contribution in [0.25, 0.3) is 11.4 Å².